The fraction of sp³-hybridized carbons (Fsp3) is 0.524. The summed E-state index contributed by atoms with van der Waals surface area (Å²) in [4.78, 5) is 17.0. The number of ether oxygens (including phenoxy) is 1. The van der Waals surface area contributed by atoms with Crippen molar-refractivity contribution in [2.45, 2.75) is 63.7 Å². The highest BCUT2D eigenvalue weighted by molar-refractivity contribution is 6.08. The molecule has 1 N–H and O–H groups in total. The summed E-state index contributed by atoms with van der Waals surface area (Å²) in [5, 5.41) is 8.87. The smallest absolute Gasteiger partial charge is 0.323 e. The highest BCUT2D eigenvalue weighted by Gasteiger charge is 2.70. The molecule has 0 amide bonds. The topological polar surface area (TPSA) is 56.6 Å². The van der Waals surface area contributed by atoms with Crippen molar-refractivity contribution in [3.8, 4) is 0 Å². The number of allylic oxidation sites excluding steroid dienone is 2. The van der Waals surface area contributed by atoms with Gasteiger partial charge < -0.3 is 9.64 Å². The molecule has 3 atom stereocenters. The monoisotopic (exact) mass is 353 g/mol. The summed E-state index contributed by atoms with van der Waals surface area (Å²) < 4.78 is 5.15. The van der Waals surface area contributed by atoms with Gasteiger partial charge in [0.15, 0.2) is 0 Å². The van der Waals surface area contributed by atoms with Crippen molar-refractivity contribution in [2.24, 2.45) is 0 Å². The van der Waals surface area contributed by atoms with E-state index in [1.165, 1.54) is 18.2 Å². The number of carbonyl (C=O) groups is 1. The van der Waals surface area contributed by atoms with Gasteiger partial charge in [0.2, 0.25) is 0 Å². The first-order valence-electron chi connectivity index (χ1n) is 9.23. The predicted octanol–water partition coefficient (Wildman–Crippen LogP) is 3.44. The third-order valence-corrected chi connectivity index (χ3v) is 6.41. The Labute approximate surface area is 155 Å². The first kappa shape index (κ1) is 17.3. The number of amidine groups is 1. The van der Waals surface area contributed by atoms with E-state index in [0.717, 1.165) is 18.5 Å². The van der Waals surface area contributed by atoms with Gasteiger partial charge in [0.25, 0.3) is 0 Å². The van der Waals surface area contributed by atoms with E-state index in [2.05, 4.69) is 47.9 Å². The summed E-state index contributed by atoms with van der Waals surface area (Å²) in [6.07, 6.45) is 3.84. The molecule has 1 aromatic rings. The number of benzene rings is 1. The van der Waals surface area contributed by atoms with Crippen LogP contribution in [0.25, 0.3) is 0 Å². The van der Waals surface area contributed by atoms with E-state index in [4.69, 9.17) is 10.1 Å². The third kappa shape index (κ3) is 1.95. The summed E-state index contributed by atoms with van der Waals surface area (Å²) >= 11 is 0. The van der Waals surface area contributed by atoms with Crippen LogP contribution in [0.4, 0.5) is 5.69 Å². The highest BCUT2D eigenvalue weighted by atomic mass is 16.5. The van der Waals surface area contributed by atoms with Gasteiger partial charge in [-0.2, -0.15) is 0 Å². The van der Waals surface area contributed by atoms with Crippen LogP contribution in [0.1, 0.15) is 46.1 Å². The Kier molecular flexibility index (Phi) is 3.61. The van der Waals surface area contributed by atoms with Crippen LogP contribution in [0.15, 0.2) is 35.9 Å². The van der Waals surface area contributed by atoms with Crippen LogP contribution in [0.5, 0.6) is 0 Å². The Hall–Kier alpha value is -2.14. The molecule has 3 aliphatic rings. The summed E-state index contributed by atoms with van der Waals surface area (Å²) in [7, 11) is 1.46. The molecule has 2 fully saturated rings. The molecule has 0 saturated carbocycles. The van der Waals surface area contributed by atoms with Crippen LogP contribution < -0.4 is 4.90 Å². The van der Waals surface area contributed by atoms with Gasteiger partial charge in [-0.25, -0.2) is 0 Å². The predicted molar refractivity (Wildman–Crippen MR) is 103 cm³/mol. The average molecular weight is 353 g/mol. The van der Waals surface area contributed by atoms with Crippen molar-refractivity contribution in [2.75, 3.05) is 12.0 Å². The molecular formula is C21H27N3O2. The molecule has 0 bridgehead atoms. The van der Waals surface area contributed by atoms with E-state index in [0.29, 0.717) is 5.84 Å². The molecule has 2 saturated heterocycles. The minimum Gasteiger partial charge on any atom is -0.468 e. The van der Waals surface area contributed by atoms with Gasteiger partial charge in [-0.05, 0) is 52.2 Å². The molecular weight excluding hydrogens is 326 g/mol. The quantitative estimate of drug-likeness (QED) is 0.668. The molecule has 26 heavy (non-hydrogen) atoms. The van der Waals surface area contributed by atoms with Gasteiger partial charge >= 0.3 is 5.97 Å². The van der Waals surface area contributed by atoms with E-state index in [1.54, 1.807) is 0 Å². The number of hydrogen-bond donors (Lipinski definition) is 1. The molecule has 1 aromatic carbocycles. The first-order chi connectivity index (χ1) is 12.3. The minimum atomic E-state index is -0.510. The van der Waals surface area contributed by atoms with Crippen LogP contribution in [0.2, 0.25) is 0 Å². The lowest BCUT2D eigenvalue weighted by Gasteiger charge is -2.34. The normalized spacial score (nSPS) is 31.0. The minimum absolute atomic E-state index is 0.0119. The molecule has 0 unspecified atom stereocenters. The average Bonchev–Trinajstić information content (AvgIpc) is 3.16. The van der Waals surface area contributed by atoms with Crippen molar-refractivity contribution >= 4 is 17.5 Å². The maximum Gasteiger partial charge on any atom is 0.323 e. The first-order valence-corrected chi connectivity index (χ1v) is 9.23. The van der Waals surface area contributed by atoms with Crippen LogP contribution in [-0.2, 0) is 14.9 Å². The molecule has 4 rings (SSSR count). The molecule has 0 aliphatic carbocycles. The fourth-order valence-corrected chi connectivity index (χ4v) is 5.22. The number of rotatable bonds is 3. The second-order valence-electron chi connectivity index (χ2n) is 8.46. The zero-order valence-corrected chi connectivity index (χ0v) is 16.2. The summed E-state index contributed by atoms with van der Waals surface area (Å²) in [6.45, 7) is 8.31. The van der Waals surface area contributed by atoms with Crippen molar-refractivity contribution in [1.82, 2.24) is 4.90 Å². The maximum atomic E-state index is 12.7. The second-order valence-corrected chi connectivity index (χ2v) is 8.46. The van der Waals surface area contributed by atoms with Crippen molar-refractivity contribution in [3.63, 3.8) is 0 Å². The van der Waals surface area contributed by atoms with Gasteiger partial charge in [-0.15, -0.1) is 0 Å². The van der Waals surface area contributed by atoms with Crippen LogP contribution in [0, 0.1) is 5.41 Å². The van der Waals surface area contributed by atoms with Gasteiger partial charge in [0, 0.05) is 11.1 Å². The SMILES string of the molecule is COC(=O)[C@@H]1C[C@@]2(CC=C(C)C)c3ccccc3N3C(=N)C(C)(C)N1[C@H]32. The standard InChI is InChI=1S/C21H27N3O2/c1-13(2)10-11-21-12-16(17(25)26-5)24-19(21)23(18(22)20(24,3)4)15-9-7-6-8-14(15)21/h6-10,16,19,22H,11-12H2,1-5H3/t16-,19-,21-/m0/s1. The molecule has 0 radical (unpaired) electrons. The molecule has 5 nitrogen and oxygen atoms in total. The number of nitrogens with one attached hydrogen (secondary N) is 1. The molecule has 3 heterocycles. The van der Waals surface area contributed by atoms with Crippen LogP contribution >= 0.6 is 0 Å². The lowest BCUT2D eigenvalue weighted by molar-refractivity contribution is -0.147. The van der Waals surface area contributed by atoms with Gasteiger partial charge in [-0.1, -0.05) is 29.8 Å². The number of hydrogen-bond acceptors (Lipinski definition) is 4. The lowest BCUT2D eigenvalue weighted by atomic mass is 9.75. The Morgan fingerprint density at radius 1 is 1.35 bits per heavy atom. The maximum absolute atomic E-state index is 12.7. The molecule has 138 valence electrons. The van der Waals surface area contributed by atoms with Crippen LogP contribution in [-0.4, -0.2) is 41.6 Å². The zero-order valence-electron chi connectivity index (χ0n) is 16.2. The van der Waals surface area contributed by atoms with Gasteiger partial charge in [-0.3, -0.25) is 15.1 Å². The molecule has 5 heteroatoms. The number of esters is 1. The summed E-state index contributed by atoms with van der Waals surface area (Å²) in [6, 6.07) is 8.05. The number of fused-ring (bicyclic) bond motifs is 3. The van der Waals surface area contributed by atoms with Gasteiger partial charge in [0.05, 0.1) is 18.8 Å². The van der Waals surface area contributed by atoms with Crippen LogP contribution in [0.3, 0.4) is 0 Å². The largest absolute Gasteiger partial charge is 0.468 e. The van der Waals surface area contributed by atoms with E-state index < -0.39 is 5.54 Å². The van der Waals surface area contributed by atoms with Crippen molar-refractivity contribution in [3.05, 3.63) is 41.5 Å². The van der Waals surface area contributed by atoms with Crippen molar-refractivity contribution in [1.29, 1.82) is 5.41 Å². The Morgan fingerprint density at radius 2 is 2.04 bits per heavy atom. The van der Waals surface area contributed by atoms with E-state index in [1.807, 2.05) is 19.9 Å². The van der Waals surface area contributed by atoms with E-state index in [-0.39, 0.29) is 23.6 Å². The van der Waals surface area contributed by atoms with E-state index >= 15 is 0 Å². The zero-order chi connectivity index (χ0) is 18.9. The van der Waals surface area contributed by atoms with Crippen molar-refractivity contribution < 1.29 is 9.53 Å². The number of carbonyl (C=O) groups excluding carboxylic acids is 1. The Bertz CT molecular complexity index is 824. The van der Waals surface area contributed by atoms with Gasteiger partial charge in [0.1, 0.15) is 11.9 Å². The summed E-state index contributed by atoms with van der Waals surface area (Å²) in [5.74, 6) is 0.360. The summed E-state index contributed by atoms with van der Waals surface area (Å²) in [5.41, 5.74) is 2.93. The second kappa shape index (κ2) is 5.43. The Balaban J connectivity index is 1.95. The molecule has 0 aromatic heterocycles. The van der Waals surface area contributed by atoms with E-state index in [9.17, 15) is 4.79 Å². The highest BCUT2D eigenvalue weighted by Crippen LogP contribution is 2.61. The molecule has 3 aliphatic heterocycles. The lowest BCUT2D eigenvalue weighted by Crippen LogP contribution is -2.51. The molecule has 0 spiro atoms. The number of para-hydroxylation sites is 1. The fourth-order valence-electron chi connectivity index (χ4n) is 5.22. The number of nitrogens with zero attached hydrogens (tertiary/aromatic N) is 2. The third-order valence-electron chi connectivity index (χ3n) is 6.41. The number of anilines is 1. The Morgan fingerprint density at radius 3 is 2.69 bits per heavy atom. The number of methoxy groups -OCH3 is 1.